The molecule has 0 atom stereocenters. The van der Waals surface area contributed by atoms with Crippen LogP contribution < -0.4 is 4.74 Å². The summed E-state index contributed by atoms with van der Waals surface area (Å²) >= 11 is 9.16. The zero-order chi connectivity index (χ0) is 10.0. The van der Waals surface area contributed by atoms with E-state index >= 15 is 0 Å². The van der Waals surface area contributed by atoms with Crippen molar-refractivity contribution in [2.75, 3.05) is 7.11 Å². The lowest BCUT2D eigenvalue weighted by Gasteiger charge is -2.08. The molecule has 0 aromatic heterocycles. The van der Waals surface area contributed by atoms with E-state index < -0.39 is 0 Å². The molecule has 0 bridgehead atoms. The average Bonchev–Trinajstić information content (AvgIpc) is 2.08. The number of halogens is 2. The molecule has 4 heteroatoms. The number of methoxy groups -OCH3 is 1. The second-order valence-electron chi connectivity index (χ2n) is 2.49. The van der Waals surface area contributed by atoms with Crippen LogP contribution in [-0.2, 0) is 0 Å². The third kappa shape index (κ3) is 2.03. The second-order valence-corrected chi connectivity index (χ2v) is 3.73. The van der Waals surface area contributed by atoms with Gasteiger partial charge in [-0.1, -0.05) is 11.6 Å². The number of Topliss-reactive ketones (excluding diaryl/α,β-unsaturated/α-hetero) is 1. The molecule has 0 radical (unpaired) electrons. The van der Waals surface area contributed by atoms with Gasteiger partial charge in [0.05, 0.1) is 17.7 Å². The molecule has 0 spiro atoms. The Morgan fingerprint density at radius 1 is 1.54 bits per heavy atom. The number of rotatable bonds is 2. The van der Waals surface area contributed by atoms with Gasteiger partial charge in [0.1, 0.15) is 5.75 Å². The Bertz CT molecular complexity index is 350. The summed E-state index contributed by atoms with van der Waals surface area (Å²) in [4.78, 5) is 11.2. The summed E-state index contributed by atoms with van der Waals surface area (Å²) in [5.41, 5.74) is 0.415. The molecule has 0 amide bonds. The van der Waals surface area contributed by atoms with Crippen molar-refractivity contribution in [1.82, 2.24) is 0 Å². The van der Waals surface area contributed by atoms with Crippen molar-refractivity contribution in [3.05, 3.63) is 27.2 Å². The highest BCUT2D eigenvalue weighted by molar-refractivity contribution is 9.10. The van der Waals surface area contributed by atoms with Crippen LogP contribution in [0.3, 0.4) is 0 Å². The van der Waals surface area contributed by atoms with Crippen LogP contribution in [0, 0.1) is 0 Å². The maximum atomic E-state index is 11.2. The molecule has 0 fully saturated rings. The van der Waals surface area contributed by atoms with E-state index in [1.165, 1.54) is 14.0 Å². The summed E-state index contributed by atoms with van der Waals surface area (Å²) < 4.78 is 5.71. The zero-order valence-corrected chi connectivity index (χ0v) is 9.57. The van der Waals surface area contributed by atoms with Gasteiger partial charge in [-0.2, -0.15) is 0 Å². The van der Waals surface area contributed by atoms with Crippen molar-refractivity contribution >= 4 is 33.3 Å². The van der Waals surface area contributed by atoms with Crippen LogP contribution in [0.15, 0.2) is 16.6 Å². The third-order valence-electron chi connectivity index (χ3n) is 1.63. The summed E-state index contributed by atoms with van der Waals surface area (Å²) in [6.07, 6.45) is 0. The lowest BCUT2D eigenvalue weighted by molar-refractivity contribution is 0.101. The highest BCUT2D eigenvalue weighted by Crippen LogP contribution is 2.33. The van der Waals surface area contributed by atoms with Gasteiger partial charge in [-0.05, 0) is 35.0 Å². The number of hydrogen-bond acceptors (Lipinski definition) is 2. The first kappa shape index (κ1) is 10.5. The number of carbonyl (C=O) groups is 1. The molecule has 0 heterocycles. The Balaban J connectivity index is 3.41. The lowest BCUT2D eigenvalue weighted by atomic mass is 10.1. The summed E-state index contributed by atoms with van der Waals surface area (Å²) in [5, 5.41) is 0.395. The van der Waals surface area contributed by atoms with E-state index in [2.05, 4.69) is 15.9 Å². The molecule has 0 aliphatic heterocycles. The van der Waals surface area contributed by atoms with Gasteiger partial charge in [-0.15, -0.1) is 0 Å². The molecule has 0 N–H and O–H groups in total. The molecule has 1 aromatic carbocycles. The lowest BCUT2D eigenvalue weighted by Crippen LogP contribution is -1.98. The van der Waals surface area contributed by atoms with E-state index in [1.807, 2.05) is 0 Å². The van der Waals surface area contributed by atoms with E-state index in [1.54, 1.807) is 12.1 Å². The van der Waals surface area contributed by atoms with E-state index in [-0.39, 0.29) is 5.78 Å². The first-order chi connectivity index (χ1) is 6.07. The van der Waals surface area contributed by atoms with E-state index in [0.29, 0.717) is 20.8 Å². The topological polar surface area (TPSA) is 26.3 Å². The predicted octanol–water partition coefficient (Wildman–Crippen LogP) is 3.31. The minimum Gasteiger partial charge on any atom is -0.496 e. The molecule has 70 valence electrons. The fourth-order valence-electron chi connectivity index (χ4n) is 1.03. The zero-order valence-electron chi connectivity index (χ0n) is 7.23. The van der Waals surface area contributed by atoms with E-state index in [4.69, 9.17) is 16.3 Å². The van der Waals surface area contributed by atoms with Crippen molar-refractivity contribution in [1.29, 1.82) is 0 Å². The van der Waals surface area contributed by atoms with Crippen molar-refractivity contribution in [2.24, 2.45) is 0 Å². The fraction of sp³-hybridized carbons (Fsp3) is 0.222. The van der Waals surface area contributed by atoms with Crippen LogP contribution in [0.4, 0.5) is 0 Å². The Labute approximate surface area is 90.0 Å². The normalized spacial score (nSPS) is 9.85. The quantitative estimate of drug-likeness (QED) is 0.765. The largest absolute Gasteiger partial charge is 0.496 e. The molecule has 0 unspecified atom stereocenters. The molecule has 0 aliphatic carbocycles. The number of ketones is 1. The number of carbonyl (C=O) groups excluding carboxylic acids is 1. The van der Waals surface area contributed by atoms with Gasteiger partial charge in [-0.3, -0.25) is 4.79 Å². The Hall–Kier alpha value is -0.540. The first-order valence-electron chi connectivity index (χ1n) is 3.61. The van der Waals surface area contributed by atoms with Gasteiger partial charge in [-0.25, -0.2) is 0 Å². The summed E-state index contributed by atoms with van der Waals surface area (Å²) in [7, 11) is 1.51. The molecule has 0 saturated heterocycles. The van der Waals surface area contributed by atoms with Crippen LogP contribution in [0.2, 0.25) is 5.02 Å². The van der Waals surface area contributed by atoms with Gasteiger partial charge >= 0.3 is 0 Å². The predicted molar refractivity (Wildman–Crippen MR) is 55.7 cm³/mol. The molecule has 0 aliphatic rings. The SMILES string of the molecule is COc1ccc(Br)c(Cl)c1C(C)=O. The van der Waals surface area contributed by atoms with Gasteiger partial charge in [0.25, 0.3) is 0 Å². The molecular weight excluding hydrogens is 255 g/mol. The number of benzene rings is 1. The molecule has 1 aromatic rings. The average molecular weight is 264 g/mol. The molecular formula is C9H8BrClO2. The van der Waals surface area contributed by atoms with Gasteiger partial charge in [0.2, 0.25) is 0 Å². The summed E-state index contributed by atoms with van der Waals surface area (Å²) in [6.45, 7) is 1.45. The highest BCUT2D eigenvalue weighted by atomic mass is 79.9. The fourth-order valence-corrected chi connectivity index (χ4v) is 1.65. The number of ether oxygens (including phenoxy) is 1. The van der Waals surface area contributed by atoms with Gasteiger partial charge in [0, 0.05) is 4.47 Å². The van der Waals surface area contributed by atoms with Crippen molar-refractivity contribution in [2.45, 2.75) is 6.92 Å². The Morgan fingerprint density at radius 3 is 2.62 bits per heavy atom. The van der Waals surface area contributed by atoms with E-state index in [9.17, 15) is 4.79 Å². The maximum Gasteiger partial charge on any atom is 0.165 e. The molecule has 1 rings (SSSR count). The first-order valence-corrected chi connectivity index (χ1v) is 4.78. The molecule has 2 nitrogen and oxygen atoms in total. The van der Waals surface area contributed by atoms with Crippen molar-refractivity contribution in [3.8, 4) is 5.75 Å². The van der Waals surface area contributed by atoms with Crippen LogP contribution in [0.1, 0.15) is 17.3 Å². The van der Waals surface area contributed by atoms with Crippen LogP contribution in [0.5, 0.6) is 5.75 Å². The standard InChI is InChI=1S/C9H8BrClO2/c1-5(12)8-7(13-2)4-3-6(10)9(8)11/h3-4H,1-2H3. The third-order valence-corrected chi connectivity index (χ3v) is 2.91. The maximum absolute atomic E-state index is 11.2. The van der Waals surface area contributed by atoms with E-state index in [0.717, 1.165) is 0 Å². The minimum absolute atomic E-state index is 0.108. The van der Waals surface area contributed by atoms with Crippen molar-refractivity contribution < 1.29 is 9.53 Å². The second kappa shape index (κ2) is 4.11. The van der Waals surface area contributed by atoms with Crippen molar-refractivity contribution in [3.63, 3.8) is 0 Å². The van der Waals surface area contributed by atoms with Gasteiger partial charge < -0.3 is 4.74 Å². The van der Waals surface area contributed by atoms with Crippen LogP contribution in [-0.4, -0.2) is 12.9 Å². The highest BCUT2D eigenvalue weighted by Gasteiger charge is 2.14. The minimum atomic E-state index is -0.108. The summed E-state index contributed by atoms with van der Waals surface area (Å²) in [6, 6.07) is 3.44. The monoisotopic (exact) mass is 262 g/mol. The summed E-state index contributed by atoms with van der Waals surface area (Å²) in [5.74, 6) is 0.392. The van der Waals surface area contributed by atoms with Gasteiger partial charge in [0.15, 0.2) is 5.78 Å². The number of hydrogen-bond donors (Lipinski definition) is 0. The van der Waals surface area contributed by atoms with Crippen LogP contribution in [0.25, 0.3) is 0 Å². The molecule has 13 heavy (non-hydrogen) atoms. The Kier molecular flexibility index (Phi) is 3.33. The smallest absolute Gasteiger partial charge is 0.165 e. The van der Waals surface area contributed by atoms with Crippen LogP contribution >= 0.6 is 27.5 Å². The Morgan fingerprint density at radius 2 is 2.15 bits per heavy atom. The molecule has 0 saturated carbocycles.